The third-order valence-electron chi connectivity index (χ3n) is 5.57. The molecule has 0 radical (unpaired) electrons. The number of imide groups is 1. The van der Waals surface area contributed by atoms with Crippen molar-refractivity contribution in [3.05, 3.63) is 53.6 Å². The van der Waals surface area contributed by atoms with E-state index < -0.39 is 29.9 Å². The van der Waals surface area contributed by atoms with Gasteiger partial charge in [0.15, 0.2) is 11.5 Å². The third kappa shape index (κ3) is 4.39. The van der Waals surface area contributed by atoms with Gasteiger partial charge >= 0.3 is 6.03 Å². The van der Waals surface area contributed by atoms with Crippen molar-refractivity contribution < 1.29 is 23.9 Å². The van der Waals surface area contributed by atoms with E-state index in [-0.39, 0.29) is 5.41 Å². The van der Waals surface area contributed by atoms with Crippen LogP contribution < -0.4 is 20.1 Å². The zero-order valence-electron chi connectivity index (χ0n) is 19.2. The van der Waals surface area contributed by atoms with Crippen molar-refractivity contribution in [1.29, 1.82) is 0 Å². The Balaban J connectivity index is 1.74. The lowest BCUT2D eigenvalue weighted by atomic mass is 9.84. The summed E-state index contributed by atoms with van der Waals surface area (Å²) < 4.78 is 10.4. The highest BCUT2D eigenvalue weighted by molar-refractivity contribution is 6.10. The van der Waals surface area contributed by atoms with Gasteiger partial charge in [-0.3, -0.25) is 14.5 Å². The minimum Gasteiger partial charge on any atom is -0.493 e. The molecule has 0 aliphatic carbocycles. The van der Waals surface area contributed by atoms with Gasteiger partial charge in [0.25, 0.3) is 5.91 Å². The number of rotatable bonds is 6. The molecule has 8 heteroatoms. The molecular weight excluding hydrogens is 410 g/mol. The summed E-state index contributed by atoms with van der Waals surface area (Å²) in [6, 6.07) is 11.9. The molecule has 4 amide bonds. The van der Waals surface area contributed by atoms with Gasteiger partial charge in [-0.25, -0.2) is 4.79 Å². The van der Waals surface area contributed by atoms with Gasteiger partial charge in [-0.1, -0.05) is 45.0 Å². The van der Waals surface area contributed by atoms with E-state index in [0.717, 1.165) is 10.5 Å². The average molecular weight is 440 g/mol. The SMILES string of the molecule is COc1ccc(NC(=O)CN2C(=O)NC(C)(c3ccc(C(C)(C)C)cc3)C2=O)cc1OC. The first-order valence-corrected chi connectivity index (χ1v) is 10.3. The van der Waals surface area contributed by atoms with Crippen LogP contribution in [0.2, 0.25) is 0 Å². The van der Waals surface area contributed by atoms with Crippen LogP contribution in [-0.4, -0.2) is 43.5 Å². The van der Waals surface area contributed by atoms with Gasteiger partial charge in [-0.15, -0.1) is 0 Å². The Hall–Kier alpha value is -3.55. The summed E-state index contributed by atoms with van der Waals surface area (Å²) in [5, 5.41) is 5.41. The summed E-state index contributed by atoms with van der Waals surface area (Å²) in [6.45, 7) is 7.54. The maximum Gasteiger partial charge on any atom is 0.325 e. The van der Waals surface area contributed by atoms with Crippen molar-refractivity contribution in [1.82, 2.24) is 10.2 Å². The lowest BCUT2D eigenvalue weighted by Gasteiger charge is -2.24. The highest BCUT2D eigenvalue weighted by atomic mass is 16.5. The second-order valence-electron chi connectivity index (χ2n) is 8.89. The number of amides is 4. The topological polar surface area (TPSA) is 97.0 Å². The van der Waals surface area contributed by atoms with Crippen LogP contribution in [0.1, 0.15) is 38.8 Å². The smallest absolute Gasteiger partial charge is 0.325 e. The van der Waals surface area contributed by atoms with Crippen LogP contribution in [0.15, 0.2) is 42.5 Å². The Morgan fingerprint density at radius 1 is 1.03 bits per heavy atom. The van der Waals surface area contributed by atoms with Gasteiger partial charge in [0, 0.05) is 11.8 Å². The zero-order chi connectivity index (χ0) is 23.7. The summed E-state index contributed by atoms with van der Waals surface area (Å²) in [5.74, 6) is -0.0130. The molecule has 1 saturated heterocycles. The Labute approximate surface area is 187 Å². The van der Waals surface area contributed by atoms with E-state index in [2.05, 4.69) is 31.4 Å². The predicted octanol–water partition coefficient (Wildman–Crippen LogP) is 3.41. The van der Waals surface area contributed by atoms with Gasteiger partial charge < -0.3 is 20.1 Å². The van der Waals surface area contributed by atoms with Crippen LogP contribution in [0.4, 0.5) is 10.5 Å². The molecule has 1 heterocycles. The maximum atomic E-state index is 13.1. The first-order valence-electron chi connectivity index (χ1n) is 10.3. The summed E-state index contributed by atoms with van der Waals surface area (Å²) in [7, 11) is 3.01. The van der Waals surface area contributed by atoms with E-state index in [4.69, 9.17) is 9.47 Å². The number of carbonyl (C=O) groups is 3. The number of ether oxygens (including phenoxy) is 2. The van der Waals surface area contributed by atoms with E-state index >= 15 is 0 Å². The van der Waals surface area contributed by atoms with E-state index in [1.54, 1.807) is 25.1 Å². The van der Waals surface area contributed by atoms with E-state index in [9.17, 15) is 14.4 Å². The Morgan fingerprint density at radius 3 is 2.22 bits per heavy atom. The van der Waals surface area contributed by atoms with Gasteiger partial charge in [0.1, 0.15) is 12.1 Å². The van der Waals surface area contributed by atoms with Crippen LogP contribution >= 0.6 is 0 Å². The molecule has 170 valence electrons. The molecule has 3 rings (SSSR count). The van der Waals surface area contributed by atoms with Crippen LogP contribution in [-0.2, 0) is 20.5 Å². The van der Waals surface area contributed by atoms with Crippen LogP contribution in [0.3, 0.4) is 0 Å². The molecule has 2 aromatic carbocycles. The van der Waals surface area contributed by atoms with Crippen molar-refractivity contribution in [2.24, 2.45) is 0 Å². The van der Waals surface area contributed by atoms with Gasteiger partial charge in [0.05, 0.1) is 14.2 Å². The summed E-state index contributed by atoms with van der Waals surface area (Å²) in [6.07, 6.45) is 0. The Bertz CT molecular complexity index is 1040. The highest BCUT2D eigenvalue weighted by Gasteiger charge is 2.49. The van der Waals surface area contributed by atoms with E-state index in [0.29, 0.717) is 22.7 Å². The summed E-state index contributed by atoms with van der Waals surface area (Å²) in [4.78, 5) is 39.2. The second-order valence-corrected chi connectivity index (χ2v) is 8.89. The number of nitrogens with zero attached hydrogens (tertiary/aromatic N) is 1. The standard InChI is InChI=1S/C24H29N3O5/c1-23(2,3)15-7-9-16(10-8-15)24(4)21(29)27(22(30)26-24)14-20(28)25-17-11-12-18(31-5)19(13-17)32-6/h7-13H,14H2,1-6H3,(H,25,28)(H,26,30). The fourth-order valence-corrected chi connectivity index (χ4v) is 3.60. The number of anilines is 1. The molecule has 1 atom stereocenters. The van der Waals surface area contributed by atoms with Crippen molar-refractivity contribution in [2.75, 3.05) is 26.1 Å². The molecule has 1 fully saturated rings. The quantitative estimate of drug-likeness (QED) is 0.673. The molecule has 0 saturated carbocycles. The monoisotopic (exact) mass is 439 g/mol. The number of benzene rings is 2. The molecule has 0 spiro atoms. The first kappa shape index (κ1) is 23.1. The number of methoxy groups -OCH3 is 2. The summed E-state index contributed by atoms with van der Waals surface area (Å²) in [5.41, 5.74) is 0.966. The van der Waals surface area contributed by atoms with Gasteiger partial charge in [0.2, 0.25) is 5.91 Å². The number of nitrogens with one attached hydrogen (secondary N) is 2. The molecule has 1 aliphatic rings. The van der Waals surface area contributed by atoms with Gasteiger partial charge in [-0.2, -0.15) is 0 Å². The molecule has 0 bridgehead atoms. The lowest BCUT2D eigenvalue weighted by molar-refractivity contribution is -0.133. The van der Waals surface area contributed by atoms with E-state index in [1.165, 1.54) is 14.2 Å². The highest BCUT2D eigenvalue weighted by Crippen LogP contribution is 2.32. The van der Waals surface area contributed by atoms with Crippen LogP contribution in [0.5, 0.6) is 11.5 Å². The first-order chi connectivity index (χ1) is 15.0. The Kier molecular flexibility index (Phi) is 6.16. The van der Waals surface area contributed by atoms with Crippen LogP contribution in [0, 0.1) is 0 Å². The van der Waals surface area contributed by atoms with Crippen molar-refractivity contribution in [3.63, 3.8) is 0 Å². The van der Waals surface area contributed by atoms with E-state index in [1.807, 2.05) is 24.3 Å². The predicted molar refractivity (Wildman–Crippen MR) is 121 cm³/mol. The fourth-order valence-electron chi connectivity index (χ4n) is 3.60. The molecule has 1 unspecified atom stereocenters. The molecule has 2 N–H and O–H groups in total. The largest absolute Gasteiger partial charge is 0.493 e. The fraction of sp³-hybridized carbons (Fsp3) is 0.375. The maximum absolute atomic E-state index is 13.1. The number of urea groups is 1. The molecule has 32 heavy (non-hydrogen) atoms. The minimum absolute atomic E-state index is 0.0311. The molecule has 8 nitrogen and oxygen atoms in total. The normalized spacial score (nSPS) is 18.4. The van der Waals surface area contributed by atoms with Crippen LogP contribution in [0.25, 0.3) is 0 Å². The minimum atomic E-state index is -1.24. The second kappa shape index (κ2) is 8.53. The molecule has 1 aliphatic heterocycles. The van der Waals surface area contributed by atoms with Crippen molar-refractivity contribution in [2.45, 2.75) is 38.6 Å². The lowest BCUT2D eigenvalue weighted by Crippen LogP contribution is -2.42. The molecule has 0 aromatic heterocycles. The van der Waals surface area contributed by atoms with Crippen molar-refractivity contribution >= 4 is 23.5 Å². The van der Waals surface area contributed by atoms with Gasteiger partial charge in [-0.05, 0) is 35.6 Å². The number of carbonyl (C=O) groups excluding carboxylic acids is 3. The number of hydrogen-bond acceptors (Lipinski definition) is 5. The number of hydrogen-bond donors (Lipinski definition) is 2. The molecular formula is C24H29N3O5. The zero-order valence-corrected chi connectivity index (χ0v) is 19.2. The summed E-state index contributed by atoms with van der Waals surface area (Å²) >= 11 is 0. The average Bonchev–Trinajstić information content (AvgIpc) is 2.97. The Morgan fingerprint density at radius 2 is 1.66 bits per heavy atom. The molecule has 2 aromatic rings. The van der Waals surface area contributed by atoms with Crippen molar-refractivity contribution in [3.8, 4) is 11.5 Å². The third-order valence-corrected chi connectivity index (χ3v) is 5.57.